The Hall–Kier alpha value is -1.02. The van der Waals surface area contributed by atoms with Gasteiger partial charge in [0, 0.05) is 36.4 Å². The van der Waals surface area contributed by atoms with Crippen LogP contribution in [0, 0.1) is 10.1 Å². The van der Waals surface area contributed by atoms with Gasteiger partial charge in [-0.25, -0.2) is 0 Å². The molecule has 0 atom stereocenters. The quantitative estimate of drug-likeness (QED) is 0.400. The monoisotopic (exact) mass is 346 g/mol. The maximum absolute atomic E-state index is 10.9. The molecule has 1 aromatic rings. The molecular weight excluding hydrogens is 328 g/mol. The first kappa shape index (κ1) is 17.0. The normalized spacial score (nSPS) is 10.7. The van der Waals surface area contributed by atoms with Crippen LogP contribution < -0.4 is 5.32 Å². The lowest BCUT2D eigenvalue weighted by atomic mass is 10.2. The predicted molar refractivity (Wildman–Crippen MR) is 79.8 cm³/mol. The van der Waals surface area contributed by atoms with Gasteiger partial charge in [0.15, 0.2) is 0 Å². The minimum atomic E-state index is -0.364. The number of methoxy groups -OCH3 is 1. The molecule has 0 fully saturated rings. The summed E-state index contributed by atoms with van der Waals surface area (Å²) in [5.41, 5.74) is 0.807. The number of rotatable bonds is 10. The molecule has 1 N–H and O–H groups in total. The molecule has 0 bridgehead atoms. The Morgan fingerprint density at radius 2 is 2.15 bits per heavy atom. The highest BCUT2D eigenvalue weighted by Gasteiger charge is 2.12. The summed E-state index contributed by atoms with van der Waals surface area (Å²) in [5.74, 6) is 0. The summed E-state index contributed by atoms with van der Waals surface area (Å²) in [7, 11) is 1.63. The van der Waals surface area contributed by atoms with E-state index in [1.807, 2.05) is 0 Å². The number of ether oxygens (including phenoxy) is 2. The van der Waals surface area contributed by atoms with Crippen LogP contribution in [0.5, 0.6) is 0 Å². The maximum Gasteiger partial charge on any atom is 0.273 e. The van der Waals surface area contributed by atoms with Crippen LogP contribution in [-0.4, -0.2) is 38.4 Å². The third-order valence-electron chi connectivity index (χ3n) is 2.63. The number of hydrogen-bond donors (Lipinski definition) is 1. The lowest BCUT2D eigenvalue weighted by Gasteiger charge is -2.07. The van der Waals surface area contributed by atoms with E-state index in [0.29, 0.717) is 31.9 Å². The first-order chi connectivity index (χ1) is 9.65. The fourth-order valence-corrected chi connectivity index (χ4v) is 2.05. The van der Waals surface area contributed by atoms with Crippen LogP contribution in [0.4, 0.5) is 5.69 Å². The lowest BCUT2D eigenvalue weighted by Crippen LogP contribution is -2.17. The summed E-state index contributed by atoms with van der Waals surface area (Å²) in [5, 5.41) is 14.1. The van der Waals surface area contributed by atoms with E-state index in [0.717, 1.165) is 17.4 Å². The largest absolute Gasteiger partial charge is 0.382 e. The van der Waals surface area contributed by atoms with Gasteiger partial charge in [0.1, 0.15) is 0 Å². The highest BCUT2D eigenvalue weighted by molar-refractivity contribution is 9.10. The van der Waals surface area contributed by atoms with E-state index in [4.69, 9.17) is 9.47 Å². The van der Waals surface area contributed by atoms with Crippen LogP contribution in [0.15, 0.2) is 22.7 Å². The summed E-state index contributed by atoms with van der Waals surface area (Å²) in [6, 6.07) is 4.94. The molecule has 1 aromatic carbocycles. The van der Waals surface area contributed by atoms with Gasteiger partial charge < -0.3 is 14.8 Å². The second kappa shape index (κ2) is 9.82. The van der Waals surface area contributed by atoms with E-state index >= 15 is 0 Å². The van der Waals surface area contributed by atoms with Crippen molar-refractivity contribution in [2.24, 2.45) is 0 Å². The van der Waals surface area contributed by atoms with Gasteiger partial charge >= 0.3 is 0 Å². The summed E-state index contributed by atoms with van der Waals surface area (Å²) in [6.45, 7) is 3.05. The van der Waals surface area contributed by atoms with E-state index < -0.39 is 0 Å². The van der Waals surface area contributed by atoms with E-state index in [2.05, 4.69) is 21.2 Å². The number of nitrogens with zero attached hydrogens (tertiary/aromatic N) is 1. The van der Waals surface area contributed by atoms with Gasteiger partial charge in [-0.15, -0.1) is 0 Å². The number of nitro benzene ring substituents is 1. The van der Waals surface area contributed by atoms with Crippen LogP contribution in [0.25, 0.3) is 0 Å². The standard InChI is InChI=1S/C13H19BrN2O4/c1-19-7-8-20-6-2-5-15-10-11-9-12(14)3-4-13(11)16(17)18/h3-4,9,15H,2,5-8,10H2,1H3. The fraction of sp³-hybridized carbons (Fsp3) is 0.538. The van der Waals surface area contributed by atoms with Crippen molar-refractivity contribution in [2.75, 3.05) is 33.5 Å². The Morgan fingerprint density at radius 3 is 2.85 bits per heavy atom. The third-order valence-corrected chi connectivity index (χ3v) is 3.12. The molecule has 0 saturated carbocycles. The molecule has 0 unspecified atom stereocenters. The molecule has 0 radical (unpaired) electrons. The van der Waals surface area contributed by atoms with Gasteiger partial charge in [-0.2, -0.15) is 0 Å². The van der Waals surface area contributed by atoms with Crippen molar-refractivity contribution in [1.82, 2.24) is 5.32 Å². The second-order valence-corrected chi connectivity index (χ2v) is 5.08. The van der Waals surface area contributed by atoms with E-state index in [-0.39, 0.29) is 10.6 Å². The Balaban J connectivity index is 2.28. The smallest absolute Gasteiger partial charge is 0.273 e. The van der Waals surface area contributed by atoms with Crippen LogP contribution in [0.2, 0.25) is 0 Å². The Morgan fingerprint density at radius 1 is 1.35 bits per heavy atom. The van der Waals surface area contributed by atoms with Crippen molar-refractivity contribution in [3.63, 3.8) is 0 Å². The topological polar surface area (TPSA) is 73.6 Å². The molecule has 1 rings (SSSR count). The first-order valence-electron chi connectivity index (χ1n) is 6.35. The van der Waals surface area contributed by atoms with Crippen molar-refractivity contribution in [3.05, 3.63) is 38.3 Å². The average Bonchev–Trinajstić information content (AvgIpc) is 2.41. The number of benzene rings is 1. The molecule has 0 aromatic heterocycles. The Labute approximate surface area is 126 Å². The van der Waals surface area contributed by atoms with Crippen molar-refractivity contribution in [3.8, 4) is 0 Å². The SMILES string of the molecule is COCCOCCCNCc1cc(Br)ccc1[N+](=O)[O-]. The Bertz CT molecular complexity index is 429. The predicted octanol–water partition coefficient (Wildman–Crippen LogP) is 2.50. The summed E-state index contributed by atoms with van der Waals surface area (Å²) >= 11 is 3.32. The highest BCUT2D eigenvalue weighted by Crippen LogP contribution is 2.22. The summed E-state index contributed by atoms with van der Waals surface area (Å²) < 4.78 is 11.0. The number of halogens is 1. The lowest BCUT2D eigenvalue weighted by molar-refractivity contribution is -0.385. The summed E-state index contributed by atoms with van der Waals surface area (Å²) in [6.07, 6.45) is 0.853. The second-order valence-electron chi connectivity index (χ2n) is 4.17. The van der Waals surface area contributed by atoms with Crippen molar-refractivity contribution in [2.45, 2.75) is 13.0 Å². The number of nitrogens with one attached hydrogen (secondary N) is 1. The van der Waals surface area contributed by atoms with E-state index in [9.17, 15) is 10.1 Å². The molecular formula is C13H19BrN2O4. The third kappa shape index (κ3) is 6.42. The molecule has 7 heteroatoms. The van der Waals surface area contributed by atoms with Gasteiger partial charge in [-0.1, -0.05) is 15.9 Å². The van der Waals surface area contributed by atoms with Gasteiger partial charge in [-0.3, -0.25) is 10.1 Å². The molecule has 0 spiro atoms. The van der Waals surface area contributed by atoms with Gasteiger partial charge in [0.05, 0.1) is 18.1 Å². The molecule has 112 valence electrons. The highest BCUT2D eigenvalue weighted by atomic mass is 79.9. The molecule has 0 aliphatic carbocycles. The molecule has 0 heterocycles. The van der Waals surface area contributed by atoms with Crippen molar-refractivity contribution < 1.29 is 14.4 Å². The first-order valence-corrected chi connectivity index (χ1v) is 7.14. The Kier molecular flexibility index (Phi) is 8.36. The number of nitro groups is 1. The van der Waals surface area contributed by atoms with Crippen LogP contribution >= 0.6 is 15.9 Å². The zero-order valence-corrected chi connectivity index (χ0v) is 13.0. The molecule has 0 aliphatic rings. The molecule has 20 heavy (non-hydrogen) atoms. The molecule has 0 amide bonds. The van der Waals surface area contributed by atoms with Crippen LogP contribution in [0.1, 0.15) is 12.0 Å². The van der Waals surface area contributed by atoms with E-state index in [1.165, 1.54) is 6.07 Å². The fourth-order valence-electron chi connectivity index (χ4n) is 1.64. The van der Waals surface area contributed by atoms with E-state index in [1.54, 1.807) is 19.2 Å². The summed E-state index contributed by atoms with van der Waals surface area (Å²) in [4.78, 5) is 10.5. The maximum atomic E-state index is 10.9. The van der Waals surface area contributed by atoms with Crippen molar-refractivity contribution >= 4 is 21.6 Å². The zero-order valence-electron chi connectivity index (χ0n) is 11.4. The minimum Gasteiger partial charge on any atom is -0.382 e. The van der Waals surface area contributed by atoms with Gasteiger partial charge in [0.2, 0.25) is 0 Å². The van der Waals surface area contributed by atoms with Gasteiger partial charge in [0.25, 0.3) is 5.69 Å². The van der Waals surface area contributed by atoms with Gasteiger partial charge in [-0.05, 0) is 25.1 Å². The number of hydrogen-bond acceptors (Lipinski definition) is 5. The molecule has 0 aliphatic heterocycles. The molecule has 0 saturated heterocycles. The molecule has 6 nitrogen and oxygen atoms in total. The zero-order chi connectivity index (χ0) is 14.8. The van der Waals surface area contributed by atoms with Crippen LogP contribution in [0.3, 0.4) is 0 Å². The van der Waals surface area contributed by atoms with Crippen LogP contribution in [-0.2, 0) is 16.0 Å². The average molecular weight is 347 g/mol. The van der Waals surface area contributed by atoms with Crippen molar-refractivity contribution in [1.29, 1.82) is 0 Å². The minimum absolute atomic E-state index is 0.136.